The van der Waals surface area contributed by atoms with Gasteiger partial charge in [-0.25, -0.2) is 9.97 Å². The van der Waals surface area contributed by atoms with E-state index in [-0.39, 0.29) is 10.7 Å². The number of anilines is 2. The van der Waals surface area contributed by atoms with Gasteiger partial charge in [0.2, 0.25) is 0 Å². The summed E-state index contributed by atoms with van der Waals surface area (Å²) in [5.41, 5.74) is 0.812. The molecule has 1 aromatic heterocycles. The van der Waals surface area contributed by atoms with E-state index in [4.69, 9.17) is 33.2 Å². The molecule has 0 aliphatic heterocycles. The third-order valence-electron chi connectivity index (χ3n) is 3.08. The third-order valence-corrected chi connectivity index (χ3v) is 3.66. The molecule has 0 aliphatic carbocycles. The Morgan fingerprint density at radius 1 is 1.04 bits per heavy atom. The zero-order valence-electron chi connectivity index (χ0n) is 12.2. The van der Waals surface area contributed by atoms with E-state index in [1.54, 1.807) is 18.2 Å². The molecule has 0 fully saturated rings. The second-order valence-electron chi connectivity index (χ2n) is 4.69. The van der Waals surface area contributed by atoms with E-state index >= 15 is 0 Å². The molecule has 0 bridgehead atoms. The van der Waals surface area contributed by atoms with Crippen molar-refractivity contribution in [1.29, 1.82) is 5.26 Å². The van der Waals surface area contributed by atoms with Crippen LogP contribution in [0.4, 0.5) is 11.5 Å². The van der Waals surface area contributed by atoms with Gasteiger partial charge in [-0.1, -0.05) is 41.4 Å². The summed E-state index contributed by atoms with van der Waals surface area (Å²) < 4.78 is 5.72. The number of ether oxygens (including phenoxy) is 1. The van der Waals surface area contributed by atoms with Gasteiger partial charge in [-0.2, -0.15) is 5.26 Å². The standard InChI is InChI=1S/C17H10Cl2N4O/c18-14-8-11(23-17-13(9-20)16(19)21-10-22-17)6-7-15(14)24-12-4-2-1-3-5-12/h1-8,10H,(H,21,22,23). The summed E-state index contributed by atoms with van der Waals surface area (Å²) in [7, 11) is 0. The zero-order valence-corrected chi connectivity index (χ0v) is 13.7. The van der Waals surface area contributed by atoms with Gasteiger partial charge >= 0.3 is 0 Å². The third kappa shape index (κ3) is 3.57. The number of benzene rings is 2. The second-order valence-corrected chi connectivity index (χ2v) is 5.45. The fraction of sp³-hybridized carbons (Fsp3) is 0. The number of aromatic nitrogens is 2. The molecular formula is C17H10Cl2N4O. The van der Waals surface area contributed by atoms with Crippen molar-refractivity contribution in [2.45, 2.75) is 0 Å². The molecule has 7 heteroatoms. The Morgan fingerprint density at radius 3 is 2.54 bits per heavy atom. The fourth-order valence-electron chi connectivity index (χ4n) is 1.97. The van der Waals surface area contributed by atoms with Crippen LogP contribution in [0.2, 0.25) is 10.2 Å². The number of hydrogen-bond acceptors (Lipinski definition) is 5. The van der Waals surface area contributed by atoms with Crippen molar-refractivity contribution >= 4 is 34.7 Å². The molecule has 0 atom stereocenters. The molecule has 0 saturated heterocycles. The molecule has 0 radical (unpaired) electrons. The molecule has 118 valence electrons. The maximum absolute atomic E-state index is 9.14. The molecule has 3 aromatic rings. The first-order chi connectivity index (χ1) is 11.7. The van der Waals surface area contributed by atoms with Crippen LogP contribution >= 0.6 is 23.2 Å². The Bertz CT molecular complexity index is 910. The van der Waals surface area contributed by atoms with E-state index in [0.717, 1.165) is 0 Å². The molecular weight excluding hydrogens is 347 g/mol. The molecule has 0 spiro atoms. The Kier molecular flexibility index (Phi) is 4.80. The maximum atomic E-state index is 9.14. The Balaban J connectivity index is 1.83. The van der Waals surface area contributed by atoms with Crippen molar-refractivity contribution in [3.8, 4) is 17.6 Å². The first kappa shape index (κ1) is 16.1. The number of halogens is 2. The predicted octanol–water partition coefficient (Wildman–Crippen LogP) is 5.19. The van der Waals surface area contributed by atoms with Gasteiger partial charge in [0.05, 0.1) is 5.02 Å². The highest BCUT2D eigenvalue weighted by atomic mass is 35.5. The van der Waals surface area contributed by atoms with Gasteiger partial charge in [-0.05, 0) is 30.3 Å². The molecule has 0 saturated carbocycles. The van der Waals surface area contributed by atoms with Crippen molar-refractivity contribution in [2.24, 2.45) is 0 Å². The Hall–Kier alpha value is -2.81. The van der Waals surface area contributed by atoms with Crippen LogP contribution in [0.3, 0.4) is 0 Å². The summed E-state index contributed by atoms with van der Waals surface area (Å²) in [6, 6.07) is 16.5. The lowest BCUT2D eigenvalue weighted by atomic mass is 10.2. The highest BCUT2D eigenvalue weighted by Crippen LogP contribution is 2.33. The number of para-hydroxylation sites is 1. The van der Waals surface area contributed by atoms with Crippen molar-refractivity contribution in [3.05, 3.63) is 70.6 Å². The van der Waals surface area contributed by atoms with Crippen LogP contribution in [0.25, 0.3) is 0 Å². The SMILES string of the molecule is N#Cc1c(Cl)ncnc1Nc1ccc(Oc2ccccc2)c(Cl)c1. The van der Waals surface area contributed by atoms with Gasteiger partial charge < -0.3 is 10.1 Å². The van der Waals surface area contributed by atoms with Crippen LogP contribution in [0.1, 0.15) is 5.56 Å². The second kappa shape index (κ2) is 7.18. The first-order valence-corrected chi connectivity index (χ1v) is 7.63. The zero-order chi connectivity index (χ0) is 16.9. The quantitative estimate of drug-likeness (QED) is 0.651. The smallest absolute Gasteiger partial charge is 0.153 e. The predicted molar refractivity (Wildman–Crippen MR) is 93.0 cm³/mol. The Labute approximate surface area is 148 Å². The van der Waals surface area contributed by atoms with Gasteiger partial charge in [-0.15, -0.1) is 0 Å². The first-order valence-electron chi connectivity index (χ1n) is 6.87. The molecule has 0 aliphatic rings. The minimum atomic E-state index is 0.0881. The normalized spacial score (nSPS) is 10.0. The topological polar surface area (TPSA) is 70.8 Å². The van der Waals surface area contributed by atoms with E-state index in [2.05, 4.69) is 15.3 Å². The van der Waals surface area contributed by atoms with Crippen LogP contribution in [0.5, 0.6) is 11.5 Å². The van der Waals surface area contributed by atoms with Crippen LogP contribution in [0.15, 0.2) is 54.9 Å². The molecule has 24 heavy (non-hydrogen) atoms. The summed E-state index contributed by atoms with van der Waals surface area (Å²) in [6.07, 6.45) is 1.28. The van der Waals surface area contributed by atoms with Crippen molar-refractivity contribution in [2.75, 3.05) is 5.32 Å². The highest BCUT2D eigenvalue weighted by Gasteiger charge is 2.11. The van der Waals surface area contributed by atoms with Crippen LogP contribution in [0, 0.1) is 11.3 Å². The average Bonchev–Trinajstić information content (AvgIpc) is 2.58. The Morgan fingerprint density at radius 2 is 1.83 bits per heavy atom. The van der Waals surface area contributed by atoms with Crippen molar-refractivity contribution in [1.82, 2.24) is 9.97 Å². The van der Waals surface area contributed by atoms with Gasteiger partial charge in [-0.3, -0.25) is 0 Å². The molecule has 1 N–H and O–H groups in total. The molecule has 5 nitrogen and oxygen atoms in total. The number of rotatable bonds is 4. The highest BCUT2D eigenvalue weighted by molar-refractivity contribution is 6.32. The number of nitrogens with zero attached hydrogens (tertiary/aromatic N) is 3. The maximum Gasteiger partial charge on any atom is 0.153 e. The van der Waals surface area contributed by atoms with Gasteiger partial charge in [0, 0.05) is 5.69 Å². The lowest BCUT2D eigenvalue weighted by Crippen LogP contribution is -1.99. The lowest BCUT2D eigenvalue weighted by molar-refractivity contribution is 0.483. The van der Waals surface area contributed by atoms with Crippen LogP contribution < -0.4 is 10.1 Å². The van der Waals surface area contributed by atoms with Crippen molar-refractivity contribution < 1.29 is 4.74 Å². The van der Waals surface area contributed by atoms with E-state index in [1.807, 2.05) is 36.4 Å². The lowest BCUT2D eigenvalue weighted by Gasteiger charge is -2.11. The number of nitrogens with one attached hydrogen (secondary N) is 1. The molecule has 0 amide bonds. The monoisotopic (exact) mass is 356 g/mol. The fourth-order valence-corrected chi connectivity index (χ4v) is 2.37. The van der Waals surface area contributed by atoms with E-state index in [9.17, 15) is 0 Å². The molecule has 2 aromatic carbocycles. The molecule has 0 unspecified atom stereocenters. The number of nitriles is 1. The van der Waals surface area contributed by atoms with Crippen LogP contribution in [-0.4, -0.2) is 9.97 Å². The van der Waals surface area contributed by atoms with E-state index < -0.39 is 0 Å². The summed E-state index contributed by atoms with van der Waals surface area (Å²) in [4.78, 5) is 7.80. The minimum Gasteiger partial charge on any atom is -0.456 e. The largest absolute Gasteiger partial charge is 0.456 e. The summed E-state index contributed by atoms with van der Waals surface area (Å²) >= 11 is 12.1. The van der Waals surface area contributed by atoms with Gasteiger partial charge in [0.1, 0.15) is 29.5 Å². The van der Waals surface area contributed by atoms with Gasteiger partial charge in [0.25, 0.3) is 0 Å². The summed E-state index contributed by atoms with van der Waals surface area (Å²) in [5.74, 6) is 1.52. The minimum absolute atomic E-state index is 0.0881. The van der Waals surface area contributed by atoms with E-state index in [0.29, 0.717) is 28.0 Å². The molecule has 1 heterocycles. The van der Waals surface area contributed by atoms with Crippen LogP contribution in [-0.2, 0) is 0 Å². The van der Waals surface area contributed by atoms with Gasteiger partial charge in [0.15, 0.2) is 11.0 Å². The average molecular weight is 357 g/mol. The van der Waals surface area contributed by atoms with Crippen molar-refractivity contribution in [3.63, 3.8) is 0 Å². The summed E-state index contributed by atoms with van der Waals surface area (Å²) in [5, 5.41) is 12.6. The molecule has 3 rings (SSSR count). The van der Waals surface area contributed by atoms with E-state index in [1.165, 1.54) is 6.33 Å². The summed E-state index contributed by atoms with van der Waals surface area (Å²) in [6.45, 7) is 0. The number of hydrogen-bond donors (Lipinski definition) is 1.